The van der Waals surface area contributed by atoms with Crippen molar-refractivity contribution in [3.8, 4) is 0 Å². The molecule has 0 radical (unpaired) electrons. The van der Waals surface area contributed by atoms with Crippen LogP contribution in [-0.4, -0.2) is 64.4 Å². The molecular formula is C21H29N5O5S. The number of amides is 1. The Morgan fingerprint density at radius 1 is 1.12 bits per heavy atom. The number of benzene rings is 1. The average Bonchev–Trinajstić information content (AvgIpc) is 3.00. The van der Waals surface area contributed by atoms with Gasteiger partial charge in [-0.05, 0) is 31.9 Å². The van der Waals surface area contributed by atoms with Gasteiger partial charge in [0.05, 0.1) is 21.9 Å². The van der Waals surface area contributed by atoms with Crippen molar-refractivity contribution in [1.82, 2.24) is 19.0 Å². The Hall–Kier alpha value is -2.79. The number of nitrogens with zero attached hydrogens (tertiary/aromatic N) is 5. The third-order valence-corrected chi connectivity index (χ3v) is 7.59. The molecule has 3 rings (SSSR count). The molecule has 0 atom stereocenters. The van der Waals surface area contributed by atoms with Gasteiger partial charge in [0.2, 0.25) is 15.9 Å². The van der Waals surface area contributed by atoms with Crippen molar-refractivity contribution in [1.29, 1.82) is 0 Å². The molecule has 32 heavy (non-hydrogen) atoms. The standard InChI is InChI=1S/C21H29N5O5S/c1-15(2)14-25-17(4)20(16(3)22-25)13-21(27)23-9-11-24(12-10-23)32(30,31)19-7-5-18(6-8-19)26(28)29/h5-8,15H,9-14H2,1-4H3. The second kappa shape index (κ2) is 9.37. The summed E-state index contributed by atoms with van der Waals surface area (Å²) >= 11 is 0. The number of carbonyl (C=O) groups is 1. The third-order valence-electron chi connectivity index (χ3n) is 5.67. The van der Waals surface area contributed by atoms with Crippen LogP contribution in [0.15, 0.2) is 29.2 Å². The van der Waals surface area contributed by atoms with E-state index in [9.17, 15) is 23.3 Å². The number of non-ortho nitro benzene ring substituents is 1. The van der Waals surface area contributed by atoms with E-state index in [0.717, 1.165) is 23.5 Å². The molecule has 2 heterocycles. The van der Waals surface area contributed by atoms with Crippen molar-refractivity contribution < 1.29 is 18.1 Å². The van der Waals surface area contributed by atoms with Crippen LogP contribution in [0.25, 0.3) is 0 Å². The van der Waals surface area contributed by atoms with E-state index >= 15 is 0 Å². The van der Waals surface area contributed by atoms with Crippen molar-refractivity contribution in [2.24, 2.45) is 5.92 Å². The minimum atomic E-state index is -3.77. The van der Waals surface area contributed by atoms with Crippen LogP contribution in [0.4, 0.5) is 5.69 Å². The average molecular weight is 464 g/mol. The van der Waals surface area contributed by atoms with Crippen molar-refractivity contribution in [2.75, 3.05) is 26.2 Å². The number of nitro groups is 1. The van der Waals surface area contributed by atoms with E-state index in [2.05, 4.69) is 18.9 Å². The number of sulfonamides is 1. The van der Waals surface area contributed by atoms with Crippen molar-refractivity contribution in [3.05, 3.63) is 51.3 Å². The molecule has 1 aromatic carbocycles. The van der Waals surface area contributed by atoms with E-state index in [-0.39, 0.29) is 36.0 Å². The predicted octanol–water partition coefficient (Wildman–Crippen LogP) is 2.14. The summed E-state index contributed by atoms with van der Waals surface area (Å²) in [6.45, 7) is 9.84. The van der Waals surface area contributed by atoms with Crippen LogP contribution in [0.2, 0.25) is 0 Å². The lowest BCUT2D eigenvalue weighted by molar-refractivity contribution is -0.384. The Morgan fingerprint density at radius 3 is 2.25 bits per heavy atom. The summed E-state index contributed by atoms with van der Waals surface area (Å²) in [6.07, 6.45) is 0.241. The van der Waals surface area contributed by atoms with Crippen LogP contribution in [-0.2, 0) is 27.8 Å². The molecule has 11 heteroatoms. The number of piperazine rings is 1. The summed E-state index contributed by atoms with van der Waals surface area (Å²) < 4.78 is 29.0. The Bertz CT molecular complexity index is 1100. The molecule has 1 amide bonds. The first-order valence-corrected chi connectivity index (χ1v) is 12.0. The fourth-order valence-corrected chi connectivity index (χ4v) is 5.27. The van der Waals surface area contributed by atoms with Gasteiger partial charge >= 0.3 is 0 Å². The van der Waals surface area contributed by atoms with Gasteiger partial charge in [0.1, 0.15) is 0 Å². The number of aromatic nitrogens is 2. The second-order valence-corrected chi connectivity index (χ2v) is 10.4. The number of nitro benzene ring substituents is 1. The third kappa shape index (κ3) is 4.99. The predicted molar refractivity (Wildman–Crippen MR) is 119 cm³/mol. The van der Waals surface area contributed by atoms with Gasteiger partial charge in [-0.15, -0.1) is 0 Å². The first kappa shape index (κ1) is 23.9. The minimum absolute atomic E-state index is 0.00620. The first-order valence-electron chi connectivity index (χ1n) is 10.6. The topological polar surface area (TPSA) is 119 Å². The molecule has 174 valence electrons. The molecule has 1 fully saturated rings. The molecule has 0 saturated carbocycles. The van der Waals surface area contributed by atoms with E-state index in [1.54, 1.807) is 4.90 Å². The van der Waals surface area contributed by atoms with E-state index in [1.807, 2.05) is 18.5 Å². The lowest BCUT2D eigenvalue weighted by Crippen LogP contribution is -2.50. The molecule has 0 unspecified atom stereocenters. The number of rotatable bonds is 7. The molecule has 10 nitrogen and oxygen atoms in total. The van der Waals surface area contributed by atoms with Crippen LogP contribution in [0.1, 0.15) is 30.8 Å². The fourth-order valence-electron chi connectivity index (χ4n) is 3.84. The Balaban J connectivity index is 1.63. The van der Waals surface area contributed by atoms with Gasteiger partial charge in [0, 0.05) is 56.1 Å². The monoisotopic (exact) mass is 463 g/mol. The normalized spacial score (nSPS) is 15.3. The summed E-state index contributed by atoms with van der Waals surface area (Å²) in [4.78, 5) is 24.8. The summed E-state index contributed by atoms with van der Waals surface area (Å²) in [5.41, 5.74) is 2.60. The lowest BCUT2D eigenvalue weighted by Gasteiger charge is -2.34. The van der Waals surface area contributed by atoms with Crippen LogP contribution >= 0.6 is 0 Å². The molecule has 1 saturated heterocycles. The Labute approximate surface area is 188 Å². The van der Waals surface area contributed by atoms with Gasteiger partial charge in [0.15, 0.2) is 0 Å². The zero-order valence-electron chi connectivity index (χ0n) is 18.8. The molecule has 1 aliphatic rings. The van der Waals surface area contributed by atoms with Crippen LogP contribution in [0, 0.1) is 29.9 Å². The molecule has 1 aliphatic heterocycles. The summed E-state index contributed by atoms with van der Waals surface area (Å²) in [5.74, 6) is 0.398. The highest BCUT2D eigenvalue weighted by Crippen LogP contribution is 2.22. The van der Waals surface area contributed by atoms with Gasteiger partial charge in [-0.3, -0.25) is 19.6 Å². The Morgan fingerprint density at radius 2 is 1.72 bits per heavy atom. The summed E-state index contributed by atoms with van der Waals surface area (Å²) in [5, 5.41) is 15.3. The molecule has 0 aliphatic carbocycles. The van der Waals surface area contributed by atoms with Gasteiger partial charge in [-0.1, -0.05) is 13.8 Å². The van der Waals surface area contributed by atoms with Crippen LogP contribution in [0.5, 0.6) is 0 Å². The van der Waals surface area contributed by atoms with E-state index in [4.69, 9.17) is 0 Å². The summed E-state index contributed by atoms with van der Waals surface area (Å²) in [6, 6.07) is 4.84. The molecular weight excluding hydrogens is 434 g/mol. The highest BCUT2D eigenvalue weighted by atomic mass is 32.2. The van der Waals surface area contributed by atoms with E-state index in [0.29, 0.717) is 19.0 Å². The molecule has 2 aromatic rings. The highest BCUT2D eigenvalue weighted by Gasteiger charge is 2.31. The van der Waals surface area contributed by atoms with Gasteiger partial charge < -0.3 is 4.90 Å². The number of hydrogen-bond donors (Lipinski definition) is 0. The van der Waals surface area contributed by atoms with E-state index in [1.165, 1.54) is 28.6 Å². The van der Waals surface area contributed by atoms with Crippen molar-refractivity contribution >= 4 is 21.6 Å². The maximum Gasteiger partial charge on any atom is 0.269 e. The zero-order valence-corrected chi connectivity index (χ0v) is 19.6. The largest absolute Gasteiger partial charge is 0.340 e. The lowest BCUT2D eigenvalue weighted by atomic mass is 10.1. The van der Waals surface area contributed by atoms with E-state index < -0.39 is 14.9 Å². The quantitative estimate of drug-likeness (QED) is 0.458. The Kier molecular flexibility index (Phi) is 6.99. The second-order valence-electron chi connectivity index (χ2n) is 8.44. The summed E-state index contributed by atoms with van der Waals surface area (Å²) in [7, 11) is -3.77. The van der Waals surface area contributed by atoms with Gasteiger partial charge in [-0.25, -0.2) is 8.42 Å². The zero-order chi connectivity index (χ0) is 23.6. The number of carbonyl (C=O) groups excluding carboxylic acids is 1. The van der Waals surface area contributed by atoms with Crippen LogP contribution in [0.3, 0.4) is 0 Å². The maximum absolute atomic E-state index is 12.9. The number of aryl methyl sites for hydroxylation is 1. The fraction of sp³-hybridized carbons (Fsp3) is 0.524. The smallest absolute Gasteiger partial charge is 0.269 e. The molecule has 0 spiro atoms. The minimum Gasteiger partial charge on any atom is -0.340 e. The maximum atomic E-state index is 12.9. The van der Waals surface area contributed by atoms with Gasteiger partial charge in [-0.2, -0.15) is 9.40 Å². The number of hydrogen-bond acceptors (Lipinski definition) is 6. The van der Waals surface area contributed by atoms with Crippen molar-refractivity contribution in [2.45, 2.75) is 45.6 Å². The highest BCUT2D eigenvalue weighted by molar-refractivity contribution is 7.89. The molecule has 0 bridgehead atoms. The SMILES string of the molecule is Cc1nn(CC(C)C)c(C)c1CC(=O)N1CCN(S(=O)(=O)c2ccc([N+](=O)[O-])cc2)CC1. The first-order chi connectivity index (χ1) is 15.0. The molecule has 1 aromatic heterocycles. The van der Waals surface area contributed by atoms with Crippen LogP contribution < -0.4 is 0 Å². The molecule has 0 N–H and O–H groups in total. The van der Waals surface area contributed by atoms with Crippen molar-refractivity contribution in [3.63, 3.8) is 0 Å². The van der Waals surface area contributed by atoms with Gasteiger partial charge in [0.25, 0.3) is 5.69 Å².